The molecule has 0 fully saturated rings. The number of rotatable bonds is 0. The van der Waals surface area contributed by atoms with E-state index in [1.54, 1.807) is 0 Å². The topological polar surface area (TPSA) is 0 Å². The molecule has 1 radical (unpaired) electrons. The van der Waals surface area contributed by atoms with Crippen molar-refractivity contribution in [2.75, 3.05) is 0 Å². The minimum atomic E-state index is -2.21. The van der Waals surface area contributed by atoms with Gasteiger partial charge in [-0.2, -0.15) is 0 Å². The van der Waals surface area contributed by atoms with Gasteiger partial charge in [0.15, 0.2) is 0 Å². The molecule has 6 heteroatoms. The summed E-state index contributed by atoms with van der Waals surface area (Å²) in [4.78, 5) is 0. The predicted octanol–water partition coefficient (Wildman–Crippen LogP) is 2.14. The second kappa shape index (κ2) is 2.77. The third-order valence-electron chi connectivity index (χ3n) is 1.24. The molecule has 1 aliphatic carbocycles. The van der Waals surface area contributed by atoms with E-state index < -0.39 is 34.9 Å². The molecule has 0 amide bonds. The molecule has 12 heavy (non-hydrogen) atoms. The van der Waals surface area contributed by atoms with Crippen LogP contribution < -0.4 is 0 Å². The summed E-state index contributed by atoms with van der Waals surface area (Å²) < 4.78 is 61.1. The Kier molecular flexibility index (Phi) is 2.08. The molecule has 1 aliphatic rings. The van der Waals surface area contributed by atoms with Gasteiger partial charge in [0, 0.05) is 0 Å². The van der Waals surface area contributed by atoms with Crippen molar-refractivity contribution in [1.29, 1.82) is 0 Å². The molecule has 0 unspecified atom stereocenters. The summed E-state index contributed by atoms with van der Waals surface area (Å²) in [6.07, 6.45) is -2.21. The zero-order valence-corrected chi connectivity index (χ0v) is 5.47. The summed E-state index contributed by atoms with van der Waals surface area (Å²) in [6.45, 7) is 0. The average molecular weight is 178 g/mol. The van der Waals surface area contributed by atoms with Gasteiger partial charge in [-0.05, 0) is 0 Å². The van der Waals surface area contributed by atoms with E-state index in [1.807, 2.05) is 0 Å². The van der Waals surface area contributed by atoms with Crippen LogP contribution in [0.3, 0.4) is 0 Å². The second-order valence-electron chi connectivity index (χ2n) is 1.98. The van der Waals surface area contributed by atoms with Crippen molar-refractivity contribution in [1.82, 2.24) is 0 Å². The SMILES string of the molecule is [B]=C1C(F)=C(F)[C-](F)C(F)=C1F. The van der Waals surface area contributed by atoms with E-state index in [9.17, 15) is 22.0 Å². The molecule has 0 N–H and O–H groups in total. The van der Waals surface area contributed by atoms with Crippen LogP contribution in [-0.2, 0) is 0 Å². The fourth-order valence-electron chi connectivity index (χ4n) is 0.622. The zero-order valence-electron chi connectivity index (χ0n) is 5.47. The molecule has 0 spiro atoms. The number of halogens is 5. The van der Waals surface area contributed by atoms with Crippen molar-refractivity contribution >= 4 is 13.0 Å². The Hall–Kier alpha value is -1.07. The molecule has 0 saturated carbocycles. The van der Waals surface area contributed by atoms with Crippen LogP contribution in [0, 0.1) is 6.17 Å². The van der Waals surface area contributed by atoms with Crippen molar-refractivity contribution in [3.05, 3.63) is 29.5 Å². The molecule has 1 rings (SSSR count). The van der Waals surface area contributed by atoms with Crippen LogP contribution in [0.4, 0.5) is 22.0 Å². The minimum absolute atomic E-state index is 1.37. The van der Waals surface area contributed by atoms with Crippen LogP contribution in [0.25, 0.3) is 0 Å². The van der Waals surface area contributed by atoms with E-state index in [2.05, 4.69) is 7.49 Å². The Morgan fingerprint density at radius 3 is 1.58 bits per heavy atom. The molecule has 0 aromatic heterocycles. The first-order chi connectivity index (χ1) is 5.46. The molecule has 0 heterocycles. The van der Waals surface area contributed by atoms with E-state index >= 15 is 0 Å². The molecule has 0 nitrogen and oxygen atoms in total. The fraction of sp³-hybridized carbons (Fsp3) is 0. The first kappa shape index (κ1) is 9.03. The first-order valence-corrected chi connectivity index (χ1v) is 2.73. The maximum atomic E-state index is 12.3. The van der Waals surface area contributed by atoms with Gasteiger partial charge in [0.1, 0.15) is 0 Å². The molecular formula is C6BF5-. The van der Waals surface area contributed by atoms with Gasteiger partial charge in [0.05, 0.1) is 0 Å². The van der Waals surface area contributed by atoms with Crippen LogP contribution in [0.1, 0.15) is 0 Å². The van der Waals surface area contributed by atoms with E-state index in [0.29, 0.717) is 0 Å². The summed E-state index contributed by atoms with van der Waals surface area (Å²) in [5.74, 6) is -8.09. The Balaban J connectivity index is 3.22. The van der Waals surface area contributed by atoms with Gasteiger partial charge in [-0.3, -0.25) is 0 Å². The van der Waals surface area contributed by atoms with Gasteiger partial charge in [-0.15, -0.1) is 0 Å². The monoisotopic (exact) mass is 178 g/mol. The molecule has 0 aromatic rings. The summed E-state index contributed by atoms with van der Waals surface area (Å²) in [5.41, 5.74) is -1.37. The van der Waals surface area contributed by atoms with Gasteiger partial charge in [0.25, 0.3) is 0 Å². The van der Waals surface area contributed by atoms with Crippen molar-refractivity contribution in [2.45, 2.75) is 0 Å². The number of hydrogen-bond donors (Lipinski definition) is 0. The van der Waals surface area contributed by atoms with Crippen molar-refractivity contribution in [3.8, 4) is 0 Å². The van der Waals surface area contributed by atoms with Gasteiger partial charge in [-0.1, -0.05) is 0 Å². The Labute approximate surface area is 65.4 Å². The molecule has 0 aromatic carbocycles. The standard InChI is InChI=1S/C6BF5/c7-1-2(8)4(10)6(12)5(11)3(1)9/q-1. The van der Waals surface area contributed by atoms with Crippen molar-refractivity contribution in [3.63, 3.8) is 0 Å². The number of hydrogen-bond acceptors (Lipinski definition) is 0. The van der Waals surface area contributed by atoms with E-state index in [1.165, 1.54) is 0 Å². The fourth-order valence-corrected chi connectivity index (χ4v) is 0.622. The van der Waals surface area contributed by atoms with Gasteiger partial charge < -0.3 is 0 Å². The second-order valence-corrected chi connectivity index (χ2v) is 1.98. The molecular weight excluding hydrogens is 178 g/mol. The average Bonchev–Trinajstić information content (AvgIpc) is 2.08. The van der Waals surface area contributed by atoms with Crippen LogP contribution in [0.2, 0.25) is 0 Å². The van der Waals surface area contributed by atoms with Crippen LogP contribution in [0.5, 0.6) is 0 Å². The third-order valence-corrected chi connectivity index (χ3v) is 1.24. The maximum absolute atomic E-state index is 12.3. The van der Waals surface area contributed by atoms with Crippen LogP contribution in [0.15, 0.2) is 23.3 Å². The molecule has 0 atom stereocenters. The van der Waals surface area contributed by atoms with E-state index in [4.69, 9.17) is 0 Å². The molecule has 0 bridgehead atoms. The molecule has 63 valence electrons. The summed E-state index contributed by atoms with van der Waals surface area (Å²) >= 11 is 0. The summed E-state index contributed by atoms with van der Waals surface area (Å²) in [5, 5.41) is 0. The Morgan fingerprint density at radius 2 is 1.25 bits per heavy atom. The predicted molar refractivity (Wildman–Crippen MR) is 33.6 cm³/mol. The van der Waals surface area contributed by atoms with E-state index in [-0.39, 0.29) is 0 Å². The van der Waals surface area contributed by atoms with Gasteiger partial charge in [-0.25, -0.2) is 0 Å². The zero-order chi connectivity index (χ0) is 9.46. The Morgan fingerprint density at radius 1 is 0.917 bits per heavy atom. The summed E-state index contributed by atoms with van der Waals surface area (Å²) in [6, 6.07) is 0. The first-order valence-electron chi connectivity index (χ1n) is 2.73. The van der Waals surface area contributed by atoms with Crippen molar-refractivity contribution in [2.24, 2.45) is 0 Å². The molecule has 0 saturated heterocycles. The normalized spacial score (nSPS) is 19.3. The third kappa shape index (κ3) is 1.07. The van der Waals surface area contributed by atoms with Gasteiger partial charge in [0.2, 0.25) is 0 Å². The van der Waals surface area contributed by atoms with Gasteiger partial charge >= 0.3 is 64.4 Å². The van der Waals surface area contributed by atoms with Crippen LogP contribution >= 0.6 is 0 Å². The number of allylic oxidation sites excluding steroid dienone is 4. The Bertz CT molecular complexity index is 275. The summed E-state index contributed by atoms with van der Waals surface area (Å²) in [7, 11) is 4.56. The molecule has 0 aliphatic heterocycles. The van der Waals surface area contributed by atoms with Crippen molar-refractivity contribution < 1.29 is 22.0 Å². The van der Waals surface area contributed by atoms with E-state index in [0.717, 1.165) is 0 Å². The van der Waals surface area contributed by atoms with Crippen LogP contribution in [-0.4, -0.2) is 13.0 Å². The quantitative estimate of drug-likeness (QED) is 0.302.